The summed E-state index contributed by atoms with van der Waals surface area (Å²) < 4.78 is 4.66. The zero-order valence-electron chi connectivity index (χ0n) is 16.1. The lowest BCUT2D eigenvalue weighted by Gasteiger charge is -2.16. The number of para-hydroxylation sites is 1. The Kier molecular flexibility index (Phi) is 9.57. The van der Waals surface area contributed by atoms with Gasteiger partial charge in [-0.05, 0) is 25.0 Å². The number of rotatable bonds is 11. The molecule has 1 aromatic carbocycles. The molecule has 1 atom stereocenters. The molecule has 0 fully saturated rings. The molecule has 29 heavy (non-hydrogen) atoms. The number of esters is 1. The molecular formula is C17H24N6O6. The average molecular weight is 408 g/mol. The molecule has 158 valence electrons. The number of nitrogens with zero attached hydrogens (tertiary/aromatic N) is 2. The van der Waals surface area contributed by atoms with Crippen LogP contribution in [0.15, 0.2) is 29.3 Å². The number of Topliss-reactive ketones (excluding diaryl/α,β-unsaturated/α-hetero) is 1. The molecule has 0 saturated heterocycles. The number of benzene rings is 1. The number of nitrogens with one attached hydrogen (secondary N) is 3. The number of nitrogens with two attached hydrogens (primary N) is 1. The number of hydrogen-bond acceptors (Lipinski definition) is 8. The third-order valence-electron chi connectivity index (χ3n) is 3.78. The SMILES string of the molecule is CNc1ccccc1C(=O)CC(=O)N[C@@H](CCCN=C(N)N[N+](=O)[O-])C(=O)OC. The summed E-state index contributed by atoms with van der Waals surface area (Å²) in [6.07, 6.45) is -0.00430. The van der Waals surface area contributed by atoms with Gasteiger partial charge in [0.2, 0.25) is 5.91 Å². The number of aliphatic imine (C=N–C) groups is 1. The van der Waals surface area contributed by atoms with Crippen LogP contribution in [0.5, 0.6) is 0 Å². The van der Waals surface area contributed by atoms with E-state index >= 15 is 0 Å². The largest absolute Gasteiger partial charge is 0.467 e. The molecule has 0 aliphatic carbocycles. The first-order valence-corrected chi connectivity index (χ1v) is 8.66. The van der Waals surface area contributed by atoms with Crippen molar-refractivity contribution in [1.82, 2.24) is 10.7 Å². The van der Waals surface area contributed by atoms with Crippen molar-refractivity contribution in [2.24, 2.45) is 10.7 Å². The molecule has 5 N–H and O–H groups in total. The third-order valence-corrected chi connectivity index (χ3v) is 3.78. The lowest BCUT2D eigenvalue weighted by atomic mass is 10.0. The molecule has 0 radical (unpaired) electrons. The number of methoxy groups -OCH3 is 1. The Bertz CT molecular complexity index is 781. The summed E-state index contributed by atoms with van der Waals surface area (Å²) in [6.45, 7) is 0.0878. The van der Waals surface area contributed by atoms with Gasteiger partial charge in [-0.1, -0.05) is 17.6 Å². The zero-order valence-corrected chi connectivity index (χ0v) is 16.1. The van der Waals surface area contributed by atoms with Crippen molar-refractivity contribution >= 4 is 29.3 Å². The predicted molar refractivity (Wildman–Crippen MR) is 105 cm³/mol. The van der Waals surface area contributed by atoms with Gasteiger partial charge in [-0.25, -0.2) is 19.9 Å². The van der Waals surface area contributed by atoms with Crippen LogP contribution in [-0.4, -0.2) is 55.4 Å². The standard InChI is InChI=1S/C17H24N6O6/c1-19-12-7-4-3-6-11(12)14(24)10-15(25)21-13(16(26)29-2)8-5-9-20-17(18)22-23(27)28/h3-4,6-7,13,19H,5,8-10H2,1-2H3,(H,21,25)(H3,18,20,22)/t13-/m0/s1. The maximum atomic E-state index is 12.4. The van der Waals surface area contributed by atoms with E-state index in [0.29, 0.717) is 11.3 Å². The molecule has 0 heterocycles. The number of guanidine groups is 1. The van der Waals surface area contributed by atoms with Crippen LogP contribution in [0.4, 0.5) is 5.69 Å². The van der Waals surface area contributed by atoms with E-state index in [1.54, 1.807) is 36.7 Å². The maximum Gasteiger partial charge on any atom is 0.328 e. The Morgan fingerprint density at radius 1 is 1.31 bits per heavy atom. The highest BCUT2D eigenvalue weighted by molar-refractivity contribution is 6.10. The van der Waals surface area contributed by atoms with Crippen molar-refractivity contribution in [2.45, 2.75) is 25.3 Å². The number of anilines is 1. The van der Waals surface area contributed by atoms with Crippen LogP contribution in [-0.2, 0) is 14.3 Å². The quantitative estimate of drug-likeness (QED) is 0.0565. The van der Waals surface area contributed by atoms with Gasteiger partial charge in [0.15, 0.2) is 10.8 Å². The molecule has 12 nitrogen and oxygen atoms in total. The van der Waals surface area contributed by atoms with E-state index in [1.807, 2.05) is 0 Å². The number of carbonyl (C=O) groups excluding carboxylic acids is 3. The molecule has 1 aromatic rings. The minimum absolute atomic E-state index is 0.0878. The second kappa shape index (κ2) is 11.9. The smallest absolute Gasteiger partial charge is 0.328 e. The minimum Gasteiger partial charge on any atom is -0.467 e. The molecule has 0 aliphatic rings. The molecule has 1 rings (SSSR count). The molecule has 0 bridgehead atoms. The van der Waals surface area contributed by atoms with Crippen LogP contribution in [0, 0.1) is 10.1 Å². The summed E-state index contributed by atoms with van der Waals surface area (Å²) in [7, 11) is 2.84. The van der Waals surface area contributed by atoms with Gasteiger partial charge < -0.3 is 21.1 Å². The molecule has 1 amide bonds. The average Bonchev–Trinajstić information content (AvgIpc) is 2.68. The normalized spacial score (nSPS) is 11.9. The number of amides is 1. The predicted octanol–water partition coefficient (Wildman–Crippen LogP) is -0.165. The molecule has 0 saturated carbocycles. The number of ether oxygens (including phenoxy) is 1. The number of nitro groups is 1. The summed E-state index contributed by atoms with van der Waals surface area (Å²) in [5.74, 6) is -2.09. The summed E-state index contributed by atoms with van der Waals surface area (Å²) in [4.78, 5) is 50.4. The van der Waals surface area contributed by atoms with Gasteiger partial charge in [0.25, 0.3) is 5.96 Å². The first kappa shape index (κ1) is 23.3. The van der Waals surface area contributed by atoms with E-state index in [9.17, 15) is 24.5 Å². The van der Waals surface area contributed by atoms with Gasteiger partial charge >= 0.3 is 5.97 Å². The van der Waals surface area contributed by atoms with Crippen LogP contribution in [0.25, 0.3) is 0 Å². The molecule has 12 heteroatoms. The lowest BCUT2D eigenvalue weighted by molar-refractivity contribution is -0.525. The third kappa shape index (κ3) is 8.24. The molecule has 0 aliphatic heterocycles. The van der Waals surface area contributed by atoms with Crippen molar-refractivity contribution in [3.05, 3.63) is 39.9 Å². The summed E-state index contributed by atoms with van der Waals surface area (Å²) >= 11 is 0. The highest BCUT2D eigenvalue weighted by Crippen LogP contribution is 2.16. The summed E-state index contributed by atoms with van der Waals surface area (Å²) in [6, 6.07) is 5.76. The Hall–Kier alpha value is -3.70. The monoisotopic (exact) mass is 408 g/mol. The van der Waals surface area contributed by atoms with Crippen molar-refractivity contribution < 1.29 is 24.2 Å². The van der Waals surface area contributed by atoms with Gasteiger partial charge in [-0.15, -0.1) is 0 Å². The second-order valence-electron chi connectivity index (χ2n) is 5.82. The van der Waals surface area contributed by atoms with Crippen LogP contribution >= 0.6 is 0 Å². The first-order chi connectivity index (χ1) is 13.8. The fraction of sp³-hybridized carbons (Fsp3) is 0.412. The molecule has 0 aromatic heterocycles. The van der Waals surface area contributed by atoms with Gasteiger partial charge in [0.1, 0.15) is 6.04 Å². The highest BCUT2D eigenvalue weighted by Gasteiger charge is 2.23. The fourth-order valence-electron chi connectivity index (χ4n) is 2.45. The highest BCUT2D eigenvalue weighted by atomic mass is 16.7. The van der Waals surface area contributed by atoms with E-state index in [-0.39, 0.29) is 25.3 Å². The molecule has 0 spiro atoms. The van der Waals surface area contributed by atoms with Crippen molar-refractivity contribution in [3.8, 4) is 0 Å². The van der Waals surface area contributed by atoms with E-state index in [2.05, 4.69) is 20.4 Å². The van der Waals surface area contributed by atoms with E-state index in [0.717, 1.165) is 0 Å². The Morgan fingerprint density at radius 3 is 2.62 bits per heavy atom. The Balaban J connectivity index is 2.63. The summed E-state index contributed by atoms with van der Waals surface area (Å²) in [5.41, 5.74) is 7.93. The van der Waals surface area contributed by atoms with Gasteiger partial charge in [-0.2, -0.15) is 0 Å². The Morgan fingerprint density at radius 2 is 2.00 bits per heavy atom. The van der Waals surface area contributed by atoms with Gasteiger partial charge in [-0.3, -0.25) is 9.59 Å². The number of hydrogen-bond donors (Lipinski definition) is 4. The topological polar surface area (TPSA) is 178 Å². The van der Waals surface area contributed by atoms with Crippen LogP contribution in [0.2, 0.25) is 0 Å². The number of carbonyl (C=O) groups is 3. The summed E-state index contributed by atoms with van der Waals surface area (Å²) in [5, 5.41) is 14.7. The van der Waals surface area contributed by atoms with E-state index < -0.39 is 35.2 Å². The fourth-order valence-corrected chi connectivity index (χ4v) is 2.45. The zero-order chi connectivity index (χ0) is 21.8. The first-order valence-electron chi connectivity index (χ1n) is 8.66. The van der Waals surface area contributed by atoms with E-state index in [4.69, 9.17) is 5.73 Å². The van der Waals surface area contributed by atoms with Crippen LogP contribution < -0.4 is 21.8 Å². The lowest BCUT2D eigenvalue weighted by Crippen LogP contribution is -2.42. The van der Waals surface area contributed by atoms with Crippen molar-refractivity contribution in [1.29, 1.82) is 0 Å². The van der Waals surface area contributed by atoms with Gasteiger partial charge in [0.05, 0.1) is 13.5 Å². The van der Waals surface area contributed by atoms with Gasteiger partial charge in [0, 0.05) is 24.8 Å². The van der Waals surface area contributed by atoms with Crippen molar-refractivity contribution in [2.75, 3.05) is 26.0 Å². The maximum absolute atomic E-state index is 12.4. The molecular weight excluding hydrogens is 384 g/mol. The van der Waals surface area contributed by atoms with E-state index in [1.165, 1.54) is 7.11 Å². The number of hydrazine groups is 1. The second-order valence-corrected chi connectivity index (χ2v) is 5.82. The number of ketones is 1. The minimum atomic E-state index is -0.986. The Labute approximate surface area is 167 Å². The van der Waals surface area contributed by atoms with Crippen LogP contribution in [0.3, 0.4) is 0 Å². The molecule has 0 unspecified atom stereocenters. The van der Waals surface area contributed by atoms with Crippen LogP contribution in [0.1, 0.15) is 29.6 Å². The van der Waals surface area contributed by atoms with Crippen molar-refractivity contribution in [3.63, 3.8) is 0 Å².